The minimum atomic E-state index is -0.0398. The highest BCUT2D eigenvalue weighted by Crippen LogP contribution is 2.32. The molecule has 0 radical (unpaired) electrons. The molecule has 0 aliphatic heterocycles. The minimum Gasteiger partial charge on any atom is -0.507 e. The molecule has 0 atom stereocenters. The molecule has 0 aliphatic carbocycles. The van der Waals surface area contributed by atoms with Gasteiger partial charge in [-0.1, -0.05) is 79.7 Å². The van der Waals surface area contributed by atoms with Crippen LogP contribution in [0.3, 0.4) is 0 Å². The SMILES string of the molecule is CC(C)(CNCc1cc(C(C)(C)C)cc(CN)c1O)CNCc1cc(C(C)(C)C)cc(CN)c1O. The topological polar surface area (TPSA) is 117 Å². The lowest BCUT2D eigenvalue weighted by Gasteiger charge is -2.27. The molecule has 196 valence electrons. The van der Waals surface area contributed by atoms with Crippen LogP contribution in [0.5, 0.6) is 11.5 Å². The van der Waals surface area contributed by atoms with Crippen molar-refractivity contribution in [2.75, 3.05) is 13.1 Å². The van der Waals surface area contributed by atoms with Crippen LogP contribution in [-0.4, -0.2) is 23.3 Å². The molecule has 2 aromatic rings. The van der Waals surface area contributed by atoms with Gasteiger partial charge in [0.2, 0.25) is 0 Å². The molecule has 2 aromatic carbocycles. The van der Waals surface area contributed by atoms with Gasteiger partial charge in [-0.2, -0.15) is 0 Å². The van der Waals surface area contributed by atoms with Crippen LogP contribution in [-0.2, 0) is 37.0 Å². The molecule has 0 amide bonds. The zero-order valence-electron chi connectivity index (χ0n) is 23.1. The van der Waals surface area contributed by atoms with Crippen LogP contribution >= 0.6 is 0 Å². The maximum absolute atomic E-state index is 10.7. The molecule has 0 bridgehead atoms. The van der Waals surface area contributed by atoms with Crippen LogP contribution < -0.4 is 22.1 Å². The van der Waals surface area contributed by atoms with Gasteiger partial charge in [0.1, 0.15) is 11.5 Å². The summed E-state index contributed by atoms with van der Waals surface area (Å²) in [4.78, 5) is 0. The van der Waals surface area contributed by atoms with Crippen LogP contribution in [0.25, 0.3) is 0 Å². The van der Waals surface area contributed by atoms with E-state index in [0.717, 1.165) is 35.3 Å². The molecule has 8 N–H and O–H groups in total. The van der Waals surface area contributed by atoms with E-state index in [4.69, 9.17) is 11.5 Å². The molecule has 6 heteroatoms. The van der Waals surface area contributed by atoms with Gasteiger partial charge in [-0.3, -0.25) is 0 Å². The maximum Gasteiger partial charge on any atom is 0.124 e. The van der Waals surface area contributed by atoms with Crippen molar-refractivity contribution in [3.05, 3.63) is 57.6 Å². The molecular weight excluding hydrogens is 436 g/mol. The number of hydrogen-bond acceptors (Lipinski definition) is 6. The Hall–Kier alpha value is -2.12. The average Bonchev–Trinajstić information content (AvgIpc) is 2.74. The van der Waals surface area contributed by atoms with E-state index in [-0.39, 0.29) is 27.7 Å². The van der Waals surface area contributed by atoms with Crippen molar-refractivity contribution >= 4 is 0 Å². The van der Waals surface area contributed by atoms with Crippen LogP contribution in [0, 0.1) is 5.41 Å². The lowest BCUT2D eigenvalue weighted by Crippen LogP contribution is -2.37. The highest BCUT2D eigenvalue weighted by molar-refractivity contribution is 5.46. The zero-order chi connectivity index (χ0) is 26.6. The zero-order valence-corrected chi connectivity index (χ0v) is 23.1. The molecule has 35 heavy (non-hydrogen) atoms. The van der Waals surface area contributed by atoms with E-state index in [2.05, 4.69) is 78.2 Å². The van der Waals surface area contributed by atoms with Crippen molar-refractivity contribution in [2.24, 2.45) is 16.9 Å². The Morgan fingerprint density at radius 2 is 0.914 bits per heavy atom. The Bertz CT molecular complexity index is 922. The summed E-state index contributed by atoms with van der Waals surface area (Å²) in [6.07, 6.45) is 0. The summed E-state index contributed by atoms with van der Waals surface area (Å²) in [6, 6.07) is 8.17. The molecule has 0 spiro atoms. The standard InChI is InChI=1S/C29H48N4O2/c1-27(2,3)23-9-19(13-30)25(34)21(11-23)15-32-17-29(7,8)18-33-16-22-12-24(28(4,5)6)10-20(14-31)26(22)35/h9-12,32-35H,13-18,30-31H2,1-8H3. The van der Waals surface area contributed by atoms with E-state index in [9.17, 15) is 10.2 Å². The number of nitrogens with two attached hydrogens (primary N) is 2. The first kappa shape index (κ1) is 29.1. The van der Waals surface area contributed by atoms with E-state index in [1.165, 1.54) is 11.1 Å². The number of phenols is 2. The van der Waals surface area contributed by atoms with Crippen LogP contribution in [0.15, 0.2) is 24.3 Å². The number of rotatable bonds is 10. The molecule has 6 nitrogen and oxygen atoms in total. The van der Waals surface area contributed by atoms with Gasteiger partial charge >= 0.3 is 0 Å². The highest BCUT2D eigenvalue weighted by Gasteiger charge is 2.22. The van der Waals surface area contributed by atoms with Crippen molar-refractivity contribution < 1.29 is 10.2 Å². The third-order valence-corrected chi connectivity index (χ3v) is 6.55. The molecular formula is C29H48N4O2. The third-order valence-electron chi connectivity index (χ3n) is 6.55. The predicted octanol–water partition coefficient (Wildman–Crippen LogP) is 4.52. The highest BCUT2D eigenvalue weighted by atomic mass is 16.3. The van der Waals surface area contributed by atoms with E-state index in [1.54, 1.807) is 0 Å². The fourth-order valence-electron chi connectivity index (χ4n) is 4.10. The van der Waals surface area contributed by atoms with Crippen molar-refractivity contribution in [1.29, 1.82) is 0 Å². The Morgan fingerprint density at radius 1 is 0.600 bits per heavy atom. The molecule has 0 saturated carbocycles. The van der Waals surface area contributed by atoms with Gasteiger partial charge in [-0.25, -0.2) is 0 Å². The van der Waals surface area contributed by atoms with Gasteiger partial charge in [0.05, 0.1) is 0 Å². The lowest BCUT2D eigenvalue weighted by molar-refractivity contribution is 0.317. The van der Waals surface area contributed by atoms with Gasteiger partial charge < -0.3 is 32.3 Å². The number of benzene rings is 2. The number of phenolic OH excluding ortho intramolecular Hbond substituents is 2. The predicted molar refractivity (Wildman–Crippen MR) is 147 cm³/mol. The van der Waals surface area contributed by atoms with Gasteiger partial charge in [0.25, 0.3) is 0 Å². The second-order valence-corrected chi connectivity index (χ2v) is 12.6. The van der Waals surface area contributed by atoms with E-state index < -0.39 is 0 Å². The monoisotopic (exact) mass is 484 g/mol. The quantitative estimate of drug-likeness (QED) is 0.295. The molecule has 0 unspecified atom stereocenters. The van der Waals surface area contributed by atoms with Crippen LogP contribution in [0.2, 0.25) is 0 Å². The van der Waals surface area contributed by atoms with Gasteiger partial charge in [-0.05, 0) is 27.4 Å². The first-order valence-corrected chi connectivity index (χ1v) is 12.6. The second kappa shape index (κ2) is 11.3. The summed E-state index contributed by atoms with van der Waals surface area (Å²) < 4.78 is 0. The number of aromatic hydroxyl groups is 2. The number of hydrogen-bond donors (Lipinski definition) is 6. The molecule has 0 aromatic heterocycles. The summed E-state index contributed by atoms with van der Waals surface area (Å²) >= 11 is 0. The summed E-state index contributed by atoms with van der Waals surface area (Å²) in [7, 11) is 0. The van der Waals surface area contributed by atoms with Gasteiger partial charge in [-0.15, -0.1) is 0 Å². The van der Waals surface area contributed by atoms with Crippen LogP contribution in [0.1, 0.15) is 88.8 Å². The normalized spacial score (nSPS) is 12.9. The first-order chi connectivity index (χ1) is 16.1. The largest absolute Gasteiger partial charge is 0.507 e. The Labute approximate surface area is 212 Å². The summed E-state index contributed by atoms with van der Waals surface area (Å²) in [5.41, 5.74) is 17.3. The minimum absolute atomic E-state index is 0.0187. The Morgan fingerprint density at radius 3 is 1.20 bits per heavy atom. The number of nitrogens with one attached hydrogen (secondary N) is 2. The third kappa shape index (κ3) is 7.94. The smallest absolute Gasteiger partial charge is 0.124 e. The average molecular weight is 485 g/mol. The molecule has 0 saturated heterocycles. The molecule has 0 aliphatic rings. The lowest BCUT2D eigenvalue weighted by atomic mass is 9.84. The fourth-order valence-corrected chi connectivity index (χ4v) is 4.10. The van der Waals surface area contributed by atoms with Gasteiger partial charge in [0, 0.05) is 61.5 Å². The second-order valence-electron chi connectivity index (χ2n) is 12.6. The fraction of sp³-hybridized carbons (Fsp3) is 0.586. The Kier molecular flexibility index (Phi) is 9.39. The maximum atomic E-state index is 10.7. The first-order valence-electron chi connectivity index (χ1n) is 12.6. The summed E-state index contributed by atoms with van der Waals surface area (Å²) in [5.74, 6) is 0.572. The van der Waals surface area contributed by atoms with E-state index in [1.807, 2.05) is 12.1 Å². The van der Waals surface area contributed by atoms with E-state index in [0.29, 0.717) is 26.2 Å². The van der Waals surface area contributed by atoms with Crippen molar-refractivity contribution in [3.8, 4) is 11.5 Å². The molecule has 2 rings (SSSR count). The van der Waals surface area contributed by atoms with Crippen molar-refractivity contribution in [3.63, 3.8) is 0 Å². The van der Waals surface area contributed by atoms with Crippen molar-refractivity contribution in [1.82, 2.24) is 10.6 Å². The van der Waals surface area contributed by atoms with E-state index >= 15 is 0 Å². The summed E-state index contributed by atoms with van der Waals surface area (Å²) in [5, 5.41) is 28.3. The van der Waals surface area contributed by atoms with Crippen molar-refractivity contribution in [2.45, 2.75) is 92.4 Å². The summed E-state index contributed by atoms with van der Waals surface area (Å²) in [6.45, 7) is 20.7. The van der Waals surface area contributed by atoms with Gasteiger partial charge in [0.15, 0.2) is 0 Å². The molecule has 0 fully saturated rings. The van der Waals surface area contributed by atoms with Crippen LogP contribution in [0.4, 0.5) is 0 Å². The molecule has 0 heterocycles. The Balaban J connectivity index is 2.02.